The molecule has 1 aromatic rings. The summed E-state index contributed by atoms with van der Waals surface area (Å²) in [6.45, 7) is 2.85. The molecule has 0 radical (unpaired) electrons. The SMILES string of the molecule is CCOC(=O)CCCCCOc1ccc(Cl)c(Cl)c1. The molecule has 5 heteroatoms. The Morgan fingerprint density at radius 2 is 1.95 bits per heavy atom. The van der Waals surface area contributed by atoms with Gasteiger partial charge in [0.1, 0.15) is 5.75 Å². The number of carbonyl (C=O) groups is 1. The van der Waals surface area contributed by atoms with Crippen molar-refractivity contribution in [3.63, 3.8) is 0 Å². The second kappa shape index (κ2) is 9.05. The molecule has 0 bridgehead atoms. The van der Waals surface area contributed by atoms with Crippen molar-refractivity contribution in [3.05, 3.63) is 28.2 Å². The van der Waals surface area contributed by atoms with Crippen LogP contribution in [0.2, 0.25) is 10.0 Å². The molecule has 0 saturated heterocycles. The molecule has 106 valence electrons. The average Bonchev–Trinajstić information content (AvgIpc) is 2.38. The highest BCUT2D eigenvalue weighted by Gasteiger charge is 2.02. The van der Waals surface area contributed by atoms with Gasteiger partial charge < -0.3 is 9.47 Å². The number of halogens is 2. The summed E-state index contributed by atoms with van der Waals surface area (Å²) in [4.78, 5) is 11.1. The summed E-state index contributed by atoms with van der Waals surface area (Å²) in [5.74, 6) is 0.577. The quantitative estimate of drug-likeness (QED) is 0.524. The van der Waals surface area contributed by atoms with E-state index in [4.69, 9.17) is 32.7 Å². The first-order valence-corrected chi connectivity index (χ1v) is 7.12. The maximum Gasteiger partial charge on any atom is 0.305 e. The fourth-order valence-electron chi connectivity index (χ4n) is 1.54. The van der Waals surface area contributed by atoms with Crippen molar-refractivity contribution < 1.29 is 14.3 Å². The molecule has 0 aliphatic rings. The van der Waals surface area contributed by atoms with Gasteiger partial charge in [-0.3, -0.25) is 4.79 Å². The molecule has 0 N–H and O–H groups in total. The van der Waals surface area contributed by atoms with Gasteiger partial charge in [-0.05, 0) is 38.3 Å². The van der Waals surface area contributed by atoms with E-state index in [1.165, 1.54) is 0 Å². The van der Waals surface area contributed by atoms with Crippen LogP contribution in [-0.4, -0.2) is 19.2 Å². The summed E-state index contributed by atoms with van der Waals surface area (Å²) in [5.41, 5.74) is 0. The Kier molecular flexibility index (Phi) is 7.68. The highest BCUT2D eigenvalue weighted by atomic mass is 35.5. The molecule has 0 unspecified atom stereocenters. The third-order valence-corrected chi connectivity index (χ3v) is 3.23. The van der Waals surface area contributed by atoms with Gasteiger partial charge in [-0.1, -0.05) is 23.2 Å². The Hall–Kier alpha value is -0.930. The molecule has 1 rings (SSSR count). The van der Waals surface area contributed by atoms with Crippen LogP contribution in [-0.2, 0) is 9.53 Å². The highest BCUT2D eigenvalue weighted by Crippen LogP contribution is 2.26. The number of benzene rings is 1. The second-order valence-electron chi connectivity index (χ2n) is 4.04. The molecule has 0 saturated carbocycles. The van der Waals surface area contributed by atoms with Crippen LogP contribution in [0.25, 0.3) is 0 Å². The van der Waals surface area contributed by atoms with Crippen molar-refractivity contribution in [1.29, 1.82) is 0 Å². The lowest BCUT2D eigenvalue weighted by Gasteiger charge is -2.07. The first kappa shape index (κ1) is 16.1. The van der Waals surface area contributed by atoms with E-state index in [0.29, 0.717) is 35.4 Å². The number of rotatable bonds is 8. The van der Waals surface area contributed by atoms with Crippen molar-refractivity contribution in [2.24, 2.45) is 0 Å². The summed E-state index contributed by atoms with van der Waals surface area (Å²) >= 11 is 11.7. The Morgan fingerprint density at radius 1 is 1.16 bits per heavy atom. The summed E-state index contributed by atoms with van der Waals surface area (Å²) in [6, 6.07) is 5.19. The van der Waals surface area contributed by atoms with E-state index in [9.17, 15) is 4.79 Å². The van der Waals surface area contributed by atoms with Crippen LogP contribution in [0.15, 0.2) is 18.2 Å². The number of hydrogen-bond donors (Lipinski definition) is 0. The van der Waals surface area contributed by atoms with Crippen molar-refractivity contribution in [2.75, 3.05) is 13.2 Å². The number of unbranched alkanes of at least 4 members (excludes halogenated alkanes) is 2. The number of ether oxygens (including phenoxy) is 2. The van der Waals surface area contributed by atoms with Crippen LogP contribution in [0.4, 0.5) is 0 Å². The normalized spacial score (nSPS) is 10.3. The predicted molar refractivity (Wildman–Crippen MR) is 77.1 cm³/mol. The topological polar surface area (TPSA) is 35.5 Å². The van der Waals surface area contributed by atoms with Crippen molar-refractivity contribution in [3.8, 4) is 5.75 Å². The van der Waals surface area contributed by atoms with E-state index in [1.54, 1.807) is 18.2 Å². The van der Waals surface area contributed by atoms with Gasteiger partial charge >= 0.3 is 5.97 Å². The lowest BCUT2D eigenvalue weighted by atomic mass is 10.2. The van der Waals surface area contributed by atoms with Crippen LogP contribution in [0.3, 0.4) is 0 Å². The molecule has 19 heavy (non-hydrogen) atoms. The van der Waals surface area contributed by atoms with Crippen LogP contribution in [0, 0.1) is 0 Å². The molecule has 0 amide bonds. The van der Waals surface area contributed by atoms with Gasteiger partial charge in [-0.25, -0.2) is 0 Å². The molecule has 0 atom stereocenters. The summed E-state index contributed by atoms with van der Waals surface area (Å²) in [6.07, 6.45) is 3.12. The van der Waals surface area contributed by atoms with Gasteiger partial charge in [0.05, 0.1) is 23.3 Å². The standard InChI is InChI=1S/C14H18Cl2O3/c1-2-18-14(17)6-4-3-5-9-19-11-7-8-12(15)13(16)10-11/h7-8,10H,2-6,9H2,1H3. The zero-order valence-corrected chi connectivity index (χ0v) is 12.5. The molecule has 0 heterocycles. The lowest BCUT2D eigenvalue weighted by Crippen LogP contribution is -2.04. The Morgan fingerprint density at radius 3 is 2.63 bits per heavy atom. The van der Waals surface area contributed by atoms with E-state index in [1.807, 2.05) is 6.92 Å². The van der Waals surface area contributed by atoms with Gasteiger partial charge in [0.25, 0.3) is 0 Å². The summed E-state index contributed by atoms with van der Waals surface area (Å²) in [5, 5.41) is 1.00. The largest absolute Gasteiger partial charge is 0.494 e. The number of carbonyl (C=O) groups excluding carboxylic acids is 1. The minimum Gasteiger partial charge on any atom is -0.494 e. The number of hydrogen-bond acceptors (Lipinski definition) is 3. The van der Waals surface area contributed by atoms with Gasteiger partial charge in [0.2, 0.25) is 0 Å². The molecule has 0 aromatic heterocycles. The van der Waals surface area contributed by atoms with E-state index < -0.39 is 0 Å². The molecule has 0 aliphatic heterocycles. The van der Waals surface area contributed by atoms with E-state index in [-0.39, 0.29) is 5.97 Å². The maximum atomic E-state index is 11.1. The Bertz CT molecular complexity index is 408. The van der Waals surface area contributed by atoms with Crippen molar-refractivity contribution >= 4 is 29.2 Å². The molecule has 1 aromatic carbocycles. The first-order chi connectivity index (χ1) is 9.13. The average molecular weight is 305 g/mol. The minimum atomic E-state index is -0.132. The molecule has 0 fully saturated rings. The van der Waals surface area contributed by atoms with Crippen LogP contribution in [0.1, 0.15) is 32.6 Å². The predicted octanol–water partition coefficient (Wildman–Crippen LogP) is 4.50. The van der Waals surface area contributed by atoms with E-state index in [0.717, 1.165) is 19.3 Å². The zero-order chi connectivity index (χ0) is 14.1. The number of esters is 1. The van der Waals surface area contributed by atoms with Crippen molar-refractivity contribution in [1.82, 2.24) is 0 Å². The molecule has 0 spiro atoms. The van der Waals surface area contributed by atoms with Crippen LogP contribution < -0.4 is 4.74 Å². The van der Waals surface area contributed by atoms with Gasteiger partial charge in [0.15, 0.2) is 0 Å². The zero-order valence-electron chi connectivity index (χ0n) is 11.0. The smallest absolute Gasteiger partial charge is 0.305 e. The molecular formula is C14H18Cl2O3. The second-order valence-corrected chi connectivity index (χ2v) is 4.85. The Balaban J connectivity index is 2.10. The fourth-order valence-corrected chi connectivity index (χ4v) is 1.83. The van der Waals surface area contributed by atoms with Gasteiger partial charge in [0, 0.05) is 12.5 Å². The molecule has 3 nitrogen and oxygen atoms in total. The van der Waals surface area contributed by atoms with Crippen LogP contribution in [0.5, 0.6) is 5.75 Å². The molecular weight excluding hydrogens is 287 g/mol. The van der Waals surface area contributed by atoms with E-state index in [2.05, 4.69) is 0 Å². The van der Waals surface area contributed by atoms with E-state index >= 15 is 0 Å². The molecule has 0 aliphatic carbocycles. The monoisotopic (exact) mass is 304 g/mol. The minimum absolute atomic E-state index is 0.132. The van der Waals surface area contributed by atoms with Crippen molar-refractivity contribution in [2.45, 2.75) is 32.6 Å². The fraction of sp³-hybridized carbons (Fsp3) is 0.500. The highest BCUT2D eigenvalue weighted by molar-refractivity contribution is 6.42. The lowest BCUT2D eigenvalue weighted by molar-refractivity contribution is -0.143. The maximum absolute atomic E-state index is 11.1. The van der Waals surface area contributed by atoms with Gasteiger partial charge in [-0.2, -0.15) is 0 Å². The Labute approximate surface area is 123 Å². The summed E-state index contributed by atoms with van der Waals surface area (Å²) < 4.78 is 10.4. The van der Waals surface area contributed by atoms with Gasteiger partial charge in [-0.15, -0.1) is 0 Å². The summed E-state index contributed by atoms with van der Waals surface area (Å²) in [7, 11) is 0. The third-order valence-electron chi connectivity index (χ3n) is 2.49. The third kappa shape index (κ3) is 6.69. The first-order valence-electron chi connectivity index (χ1n) is 6.37. The van der Waals surface area contributed by atoms with Crippen LogP contribution >= 0.6 is 23.2 Å².